The number of nitrogens with two attached hydrogens (primary N) is 1. The van der Waals surface area contributed by atoms with Gasteiger partial charge in [0.1, 0.15) is 0 Å². The van der Waals surface area contributed by atoms with E-state index in [0.29, 0.717) is 10.6 Å². The first kappa shape index (κ1) is 12.9. The summed E-state index contributed by atoms with van der Waals surface area (Å²) in [7, 11) is 0. The largest absolute Gasteiger partial charge is 0.324 e. The third kappa shape index (κ3) is 3.18. The van der Waals surface area contributed by atoms with Crippen molar-refractivity contribution in [1.82, 2.24) is 0 Å². The molecule has 0 spiro atoms. The number of rotatable bonds is 5. The van der Waals surface area contributed by atoms with E-state index >= 15 is 0 Å². The van der Waals surface area contributed by atoms with Gasteiger partial charge >= 0.3 is 0 Å². The Bertz CT molecular complexity index is 382. The van der Waals surface area contributed by atoms with Crippen LogP contribution in [0.2, 0.25) is 5.02 Å². The van der Waals surface area contributed by atoms with Crippen molar-refractivity contribution in [3.05, 3.63) is 38.9 Å². The normalized spacial score (nSPS) is 12.4. The van der Waals surface area contributed by atoms with E-state index in [4.69, 9.17) is 17.3 Å². The Morgan fingerprint density at radius 3 is 2.81 bits per heavy atom. The van der Waals surface area contributed by atoms with E-state index in [2.05, 4.69) is 6.92 Å². The summed E-state index contributed by atoms with van der Waals surface area (Å²) in [5.74, 6) is 0. The molecule has 0 bridgehead atoms. The standard InChI is InChI=1S/C11H15ClN2O2/c1-2-3-4-11(13)9-7-8(14(15)16)5-6-10(9)12/h5-7,11H,2-4,13H2,1H3/t11-/m0/s1. The molecule has 0 radical (unpaired) electrons. The lowest BCUT2D eigenvalue weighted by Crippen LogP contribution is -2.11. The number of hydrogen-bond donors (Lipinski definition) is 1. The Balaban J connectivity index is 2.92. The first-order valence-corrected chi connectivity index (χ1v) is 5.63. The van der Waals surface area contributed by atoms with Crippen LogP contribution in [0.5, 0.6) is 0 Å². The van der Waals surface area contributed by atoms with Gasteiger partial charge in [0.2, 0.25) is 0 Å². The average molecular weight is 243 g/mol. The zero-order valence-electron chi connectivity index (χ0n) is 9.15. The maximum Gasteiger partial charge on any atom is 0.269 e. The van der Waals surface area contributed by atoms with Crippen LogP contribution in [0.15, 0.2) is 18.2 Å². The highest BCUT2D eigenvalue weighted by atomic mass is 35.5. The minimum Gasteiger partial charge on any atom is -0.324 e. The van der Waals surface area contributed by atoms with Gasteiger partial charge in [-0.3, -0.25) is 10.1 Å². The molecule has 16 heavy (non-hydrogen) atoms. The molecule has 1 aromatic carbocycles. The van der Waals surface area contributed by atoms with Gasteiger partial charge in [0.05, 0.1) is 4.92 Å². The topological polar surface area (TPSA) is 69.2 Å². The zero-order chi connectivity index (χ0) is 12.1. The van der Waals surface area contributed by atoms with Crippen molar-refractivity contribution in [3.63, 3.8) is 0 Å². The molecule has 1 aromatic rings. The lowest BCUT2D eigenvalue weighted by atomic mass is 10.0. The van der Waals surface area contributed by atoms with Crippen molar-refractivity contribution in [2.24, 2.45) is 5.73 Å². The van der Waals surface area contributed by atoms with Crippen LogP contribution in [0.25, 0.3) is 0 Å². The number of nitrogens with zero attached hydrogens (tertiary/aromatic N) is 1. The van der Waals surface area contributed by atoms with Gasteiger partial charge in [-0.05, 0) is 18.1 Å². The molecule has 0 amide bonds. The SMILES string of the molecule is CCCC[C@H](N)c1cc([N+](=O)[O-])ccc1Cl. The maximum atomic E-state index is 10.6. The van der Waals surface area contributed by atoms with E-state index in [9.17, 15) is 10.1 Å². The minimum atomic E-state index is -0.438. The fourth-order valence-corrected chi connectivity index (χ4v) is 1.77. The molecule has 0 fully saturated rings. The summed E-state index contributed by atoms with van der Waals surface area (Å²) in [5.41, 5.74) is 6.63. The summed E-state index contributed by atoms with van der Waals surface area (Å²) in [6.07, 6.45) is 2.82. The van der Waals surface area contributed by atoms with Crippen molar-refractivity contribution in [1.29, 1.82) is 0 Å². The molecule has 0 aromatic heterocycles. The van der Waals surface area contributed by atoms with Gasteiger partial charge in [-0.15, -0.1) is 0 Å². The Kier molecular flexibility index (Phi) is 4.71. The quantitative estimate of drug-likeness (QED) is 0.635. The molecule has 0 aliphatic heterocycles. The van der Waals surface area contributed by atoms with Gasteiger partial charge in [-0.1, -0.05) is 31.4 Å². The monoisotopic (exact) mass is 242 g/mol. The van der Waals surface area contributed by atoms with Gasteiger partial charge in [0.15, 0.2) is 0 Å². The van der Waals surface area contributed by atoms with E-state index < -0.39 is 4.92 Å². The molecule has 1 atom stereocenters. The van der Waals surface area contributed by atoms with Gasteiger partial charge in [-0.25, -0.2) is 0 Å². The van der Waals surface area contributed by atoms with Crippen LogP contribution in [-0.2, 0) is 0 Å². The molecular weight excluding hydrogens is 228 g/mol. The van der Waals surface area contributed by atoms with Gasteiger partial charge in [0, 0.05) is 23.2 Å². The number of unbranched alkanes of at least 4 members (excludes halogenated alkanes) is 1. The highest BCUT2D eigenvalue weighted by Crippen LogP contribution is 2.28. The highest BCUT2D eigenvalue weighted by Gasteiger charge is 2.14. The Morgan fingerprint density at radius 2 is 2.25 bits per heavy atom. The number of nitro groups is 1. The van der Waals surface area contributed by atoms with Crippen LogP contribution in [0.3, 0.4) is 0 Å². The molecule has 0 saturated heterocycles. The Morgan fingerprint density at radius 1 is 1.56 bits per heavy atom. The first-order valence-electron chi connectivity index (χ1n) is 5.25. The second kappa shape index (κ2) is 5.82. The van der Waals surface area contributed by atoms with Crippen LogP contribution in [-0.4, -0.2) is 4.92 Å². The lowest BCUT2D eigenvalue weighted by Gasteiger charge is -2.12. The Labute approximate surface area is 99.6 Å². The summed E-state index contributed by atoms with van der Waals surface area (Å²) in [6.45, 7) is 2.07. The van der Waals surface area contributed by atoms with Crippen LogP contribution >= 0.6 is 11.6 Å². The van der Waals surface area contributed by atoms with E-state index in [1.165, 1.54) is 18.2 Å². The van der Waals surface area contributed by atoms with Crippen molar-refractivity contribution < 1.29 is 4.92 Å². The van der Waals surface area contributed by atoms with Crippen LogP contribution in [0.1, 0.15) is 37.8 Å². The van der Waals surface area contributed by atoms with E-state index in [1.807, 2.05) is 0 Å². The molecule has 0 aliphatic carbocycles. The van der Waals surface area contributed by atoms with Crippen LogP contribution in [0, 0.1) is 10.1 Å². The van der Waals surface area contributed by atoms with E-state index in [-0.39, 0.29) is 11.7 Å². The number of nitro benzene ring substituents is 1. The molecule has 1 rings (SSSR count). The van der Waals surface area contributed by atoms with Crippen LogP contribution in [0.4, 0.5) is 5.69 Å². The number of hydrogen-bond acceptors (Lipinski definition) is 3. The van der Waals surface area contributed by atoms with Gasteiger partial charge in [0.25, 0.3) is 5.69 Å². The molecule has 88 valence electrons. The number of non-ortho nitro benzene ring substituents is 1. The highest BCUT2D eigenvalue weighted by molar-refractivity contribution is 6.31. The molecule has 0 aliphatic rings. The lowest BCUT2D eigenvalue weighted by molar-refractivity contribution is -0.384. The maximum absolute atomic E-state index is 10.6. The van der Waals surface area contributed by atoms with Crippen molar-refractivity contribution in [2.45, 2.75) is 32.2 Å². The third-order valence-corrected chi connectivity index (χ3v) is 2.80. The molecule has 0 saturated carbocycles. The van der Waals surface area contributed by atoms with Crippen molar-refractivity contribution in [3.8, 4) is 0 Å². The molecule has 4 nitrogen and oxygen atoms in total. The molecule has 2 N–H and O–H groups in total. The van der Waals surface area contributed by atoms with E-state index in [0.717, 1.165) is 19.3 Å². The molecule has 0 heterocycles. The summed E-state index contributed by atoms with van der Waals surface area (Å²) < 4.78 is 0. The molecule has 5 heteroatoms. The van der Waals surface area contributed by atoms with E-state index in [1.54, 1.807) is 0 Å². The third-order valence-electron chi connectivity index (χ3n) is 2.46. The fourth-order valence-electron chi connectivity index (χ4n) is 1.51. The zero-order valence-corrected chi connectivity index (χ0v) is 9.91. The second-order valence-corrected chi connectivity index (χ2v) is 4.12. The predicted octanol–water partition coefficient (Wildman–Crippen LogP) is 3.44. The minimum absolute atomic E-state index is 0.0337. The van der Waals surface area contributed by atoms with Gasteiger partial charge < -0.3 is 5.73 Å². The fraction of sp³-hybridized carbons (Fsp3) is 0.455. The number of halogens is 1. The summed E-state index contributed by atoms with van der Waals surface area (Å²) in [4.78, 5) is 10.2. The molecular formula is C11H15ClN2O2. The van der Waals surface area contributed by atoms with Crippen molar-refractivity contribution >= 4 is 17.3 Å². The van der Waals surface area contributed by atoms with Crippen molar-refractivity contribution in [2.75, 3.05) is 0 Å². The predicted molar refractivity (Wildman–Crippen MR) is 64.6 cm³/mol. The summed E-state index contributed by atoms with van der Waals surface area (Å²) in [6, 6.07) is 4.15. The summed E-state index contributed by atoms with van der Waals surface area (Å²) in [5, 5.41) is 11.1. The number of benzene rings is 1. The average Bonchev–Trinajstić information content (AvgIpc) is 2.26. The first-order chi connectivity index (χ1) is 7.56. The summed E-state index contributed by atoms with van der Waals surface area (Å²) >= 11 is 5.97. The van der Waals surface area contributed by atoms with Gasteiger partial charge in [-0.2, -0.15) is 0 Å². The smallest absolute Gasteiger partial charge is 0.269 e. The second-order valence-electron chi connectivity index (χ2n) is 3.71. The Hall–Kier alpha value is -1.13. The van der Waals surface area contributed by atoms with Crippen LogP contribution < -0.4 is 5.73 Å². The molecule has 0 unspecified atom stereocenters.